The summed E-state index contributed by atoms with van der Waals surface area (Å²) >= 11 is 0. The summed E-state index contributed by atoms with van der Waals surface area (Å²) in [4.78, 5) is 23.2. The zero-order valence-corrected chi connectivity index (χ0v) is 11.2. The summed E-state index contributed by atoms with van der Waals surface area (Å²) in [5, 5.41) is 11.7. The van der Waals surface area contributed by atoms with Crippen LogP contribution in [0.1, 0.15) is 23.2 Å². The van der Waals surface area contributed by atoms with Gasteiger partial charge in [-0.1, -0.05) is 0 Å². The van der Waals surface area contributed by atoms with Gasteiger partial charge >= 0.3 is 5.97 Å². The minimum atomic E-state index is -1.18. The number of aromatic carboxylic acids is 1. The average molecular weight is 280 g/mol. The number of nitrogens with one attached hydrogen (secondary N) is 1. The molecule has 1 amide bonds. The molecule has 0 atom stereocenters. The van der Waals surface area contributed by atoms with Gasteiger partial charge in [0.1, 0.15) is 0 Å². The Hall–Kier alpha value is -2.28. The number of carboxylic acid groups (broad SMARTS) is 1. The Labute approximate surface area is 115 Å². The predicted octanol–water partition coefficient (Wildman–Crippen LogP) is 0.832. The Morgan fingerprint density at radius 1 is 1.25 bits per heavy atom. The van der Waals surface area contributed by atoms with Crippen molar-refractivity contribution >= 4 is 17.6 Å². The largest absolute Gasteiger partial charge is 0.493 e. The standard InChI is InChI=1S/C13H16N2O5/c1-19-9-5-7(11(16)17)8(6-10(9)20-2)15-12(18)13(14)3-4-13/h5-6H,3-4,14H2,1-2H3,(H,15,18)(H,16,17). The van der Waals surface area contributed by atoms with Crippen LogP contribution in [-0.4, -0.2) is 36.7 Å². The highest BCUT2D eigenvalue weighted by molar-refractivity contribution is 6.05. The quantitative estimate of drug-likeness (QED) is 0.736. The summed E-state index contributed by atoms with van der Waals surface area (Å²) in [6.45, 7) is 0. The Bertz CT molecular complexity index is 566. The van der Waals surface area contributed by atoms with Gasteiger partial charge in [0.25, 0.3) is 0 Å². The molecule has 20 heavy (non-hydrogen) atoms. The number of amides is 1. The first kappa shape index (κ1) is 14.1. The molecule has 0 bridgehead atoms. The van der Waals surface area contributed by atoms with E-state index in [2.05, 4.69) is 5.32 Å². The van der Waals surface area contributed by atoms with Gasteiger partial charge in [0.05, 0.1) is 31.0 Å². The fourth-order valence-electron chi connectivity index (χ4n) is 1.77. The molecule has 1 aliphatic rings. The lowest BCUT2D eigenvalue weighted by molar-refractivity contribution is -0.118. The van der Waals surface area contributed by atoms with E-state index < -0.39 is 17.4 Å². The van der Waals surface area contributed by atoms with Crippen LogP contribution >= 0.6 is 0 Å². The smallest absolute Gasteiger partial charge is 0.337 e. The van der Waals surface area contributed by atoms with Crippen molar-refractivity contribution < 1.29 is 24.2 Å². The number of methoxy groups -OCH3 is 2. The monoisotopic (exact) mass is 280 g/mol. The van der Waals surface area contributed by atoms with Crippen LogP contribution in [0.15, 0.2) is 12.1 Å². The van der Waals surface area contributed by atoms with Crippen LogP contribution in [0, 0.1) is 0 Å². The zero-order chi connectivity index (χ0) is 14.9. The van der Waals surface area contributed by atoms with Crippen LogP contribution in [0.5, 0.6) is 11.5 Å². The fraction of sp³-hybridized carbons (Fsp3) is 0.385. The van der Waals surface area contributed by atoms with Gasteiger partial charge in [-0.2, -0.15) is 0 Å². The van der Waals surface area contributed by atoms with Crippen molar-refractivity contribution in [1.82, 2.24) is 0 Å². The zero-order valence-electron chi connectivity index (χ0n) is 11.2. The number of carbonyl (C=O) groups excluding carboxylic acids is 1. The lowest BCUT2D eigenvalue weighted by atomic mass is 10.1. The molecule has 0 aromatic heterocycles. The van der Waals surface area contributed by atoms with Crippen LogP contribution in [0.3, 0.4) is 0 Å². The van der Waals surface area contributed by atoms with Gasteiger partial charge in [-0.15, -0.1) is 0 Å². The first-order chi connectivity index (χ1) is 9.41. The number of hydrogen-bond donors (Lipinski definition) is 3. The highest BCUT2D eigenvalue weighted by Gasteiger charge is 2.46. The number of rotatable bonds is 5. The molecule has 4 N–H and O–H groups in total. The van der Waals surface area contributed by atoms with E-state index in [1.807, 2.05) is 0 Å². The van der Waals surface area contributed by atoms with Crippen molar-refractivity contribution in [2.24, 2.45) is 5.73 Å². The summed E-state index contributed by atoms with van der Waals surface area (Å²) in [5.41, 5.74) is 4.94. The Morgan fingerprint density at radius 3 is 2.25 bits per heavy atom. The Balaban J connectivity index is 2.39. The van der Waals surface area contributed by atoms with Crippen LogP contribution in [0.25, 0.3) is 0 Å². The molecule has 1 fully saturated rings. The number of nitrogens with two attached hydrogens (primary N) is 1. The lowest BCUT2D eigenvalue weighted by Crippen LogP contribution is -2.38. The van der Waals surface area contributed by atoms with Crippen LogP contribution in [0.4, 0.5) is 5.69 Å². The summed E-state index contributed by atoms with van der Waals surface area (Å²) in [5.74, 6) is -0.971. The molecule has 0 saturated heterocycles. The van der Waals surface area contributed by atoms with Crippen molar-refractivity contribution in [2.75, 3.05) is 19.5 Å². The van der Waals surface area contributed by atoms with E-state index >= 15 is 0 Å². The van der Waals surface area contributed by atoms with Crippen molar-refractivity contribution in [3.8, 4) is 11.5 Å². The summed E-state index contributed by atoms with van der Waals surface area (Å²) in [6.07, 6.45) is 1.18. The topological polar surface area (TPSA) is 111 Å². The van der Waals surface area contributed by atoms with Crippen molar-refractivity contribution in [3.05, 3.63) is 17.7 Å². The molecule has 7 heteroatoms. The number of carbonyl (C=O) groups is 2. The predicted molar refractivity (Wildman–Crippen MR) is 71.3 cm³/mol. The molecule has 0 spiro atoms. The van der Waals surface area contributed by atoms with Crippen LogP contribution < -0.4 is 20.5 Å². The average Bonchev–Trinajstić information content (AvgIpc) is 3.17. The van der Waals surface area contributed by atoms with E-state index in [9.17, 15) is 14.7 Å². The first-order valence-corrected chi connectivity index (χ1v) is 6.01. The van der Waals surface area contributed by atoms with E-state index in [1.165, 1.54) is 26.4 Å². The number of benzene rings is 1. The third kappa shape index (κ3) is 2.53. The van der Waals surface area contributed by atoms with Crippen molar-refractivity contribution in [2.45, 2.75) is 18.4 Å². The minimum absolute atomic E-state index is 0.0831. The summed E-state index contributed by atoms with van der Waals surface area (Å²) in [7, 11) is 2.83. The summed E-state index contributed by atoms with van der Waals surface area (Å²) in [6, 6.07) is 2.71. The maximum absolute atomic E-state index is 11.9. The fourth-order valence-corrected chi connectivity index (χ4v) is 1.77. The van der Waals surface area contributed by atoms with Gasteiger partial charge in [-0.25, -0.2) is 4.79 Å². The van der Waals surface area contributed by atoms with E-state index in [0.717, 1.165) is 0 Å². The van der Waals surface area contributed by atoms with Crippen LogP contribution in [0.2, 0.25) is 0 Å². The molecule has 1 aliphatic carbocycles. The van der Waals surface area contributed by atoms with Gasteiger partial charge < -0.3 is 25.6 Å². The maximum Gasteiger partial charge on any atom is 0.337 e. The molecule has 1 aromatic carbocycles. The highest BCUT2D eigenvalue weighted by Crippen LogP contribution is 2.36. The van der Waals surface area contributed by atoms with Gasteiger partial charge in [-0.3, -0.25) is 4.79 Å². The van der Waals surface area contributed by atoms with Gasteiger partial charge in [0.2, 0.25) is 5.91 Å². The molecule has 1 saturated carbocycles. The molecular weight excluding hydrogens is 264 g/mol. The molecule has 1 aromatic rings. The molecule has 0 radical (unpaired) electrons. The molecule has 2 rings (SSSR count). The molecule has 108 valence electrons. The third-order valence-corrected chi connectivity index (χ3v) is 3.24. The normalized spacial score (nSPS) is 15.3. The molecule has 7 nitrogen and oxygen atoms in total. The second-order valence-electron chi connectivity index (χ2n) is 4.67. The van der Waals surface area contributed by atoms with Crippen molar-refractivity contribution in [3.63, 3.8) is 0 Å². The molecule has 0 aliphatic heterocycles. The number of hydrogen-bond acceptors (Lipinski definition) is 5. The Morgan fingerprint density at radius 2 is 1.80 bits per heavy atom. The van der Waals surface area contributed by atoms with Gasteiger partial charge in [-0.05, 0) is 12.8 Å². The second-order valence-corrected chi connectivity index (χ2v) is 4.67. The summed E-state index contributed by atoms with van der Waals surface area (Å²) < 4.78 is 10.1. The van der Waals surface area contributed by atoms with E-state index in [-0.39, 0.29) is 17.0 Å². The lowest BCUT2D eigenvalue weighted by Gasteiger charge is -2.15. The number of ether oxygens (including phenoxy) is 2. The second kappa shape index (κ2) is 5.01. The molecule has 0 heterocycles. The minimum Gasteiger partial charge on any atom is -0.493 e. The molecule has 0 unspecified atom stereocenters. The van der Waals surface area contributed by atoms with Gasteiger partial charge in [0, 0.05) is 12.1 Å². The Kier molecular flexibility index (Phi) is 3.54. The van der Waals surface area contributed by atoms with E-state index in [1.54, 1.807) is 0 Å². The third-order valence-electron chi connectivity index (χ3n) is 3.24. The van der Waals surface area contributed by atoms with E-state index in [0.29, 0.717) is 18.6 Å². The van der Waals surface area contributed by atoms with Gasteiger partial charge in [0.15, 0.2) is 11.5 Å². The molecular formula is C13H16N2O5. The number of carboxylic acids is 1. The SMILES string of the molecule is COc1cc(NC(=O)C2(N)CC2)c(C(=O)O)cc1OC. The number of anilines is 1. The maximum atomic E-state index is 11.9. The van der Waals surface area contributed by atoms with E-state index in [4.69, 9.17) is 15.2 Å². The highest BCUT2D eigenvalue weighted by atomic mass is 16.5. The first-order valence-electron chi connectivity index (χ1n) is 6.01. The van der Waals surface area contributed by atoms with Crippen molar-refractivity contribution in [1.29, 1.82) is 0 Å². The van der Waals surface area contributed by atoms with Crippen LogP contribution in [-0.2, 0) is 4.79 Å².